The van der Waals surface area contributed by atoms with Crippen LogP contribution >= 0.6 is 15.9 Å². The van der Waals surface area contributed by atoms with Crippen LogP contribution in [0.2, 0.25) is 0 Å². The zero-order chi connectivity index (χ0) is 25.2. The largest absolute Gasteiger partial charge is 0.493 e. The van der Waals surface area contributed by atoms with Gasteiger partial charge in [-0.3, -0.25) is 4.79 Å². The van der Waals surface area contributed by atoms with Crippen LogP contribution in [0.25, 0.3) is 6.08 Å². The second-order valence-corrected chi connectivity index (χ2v) is 8.16. The molecular weight excluding hydrogens is 512 g/mol. The molecule has 0 atom stereocenters. The van der Waals surface area contributed by atoms with Crippen LogP contribution in [-0.4, -0.2) is 25.6 Å². The Bertz CT molecular complexity index is 1260. The molecule has 3 aromatic rings. The fourth-order valence-corrected chi connectivity index (χ4v) is 3.32. The molecule has 0 saturated carbocycles. The van der Waals surface area contributed by atoms with Crippen molar-refractivity contribution in [2.75, 3.05) is 19.0 Å². The molecule has 0 spiro atoms. The van der Waals surface area contributed by atoms with Crippen LogP contribution in [-0.2, 0) is 16.1 Å². The highest BCUT2D eigenvalue weighted by atomic mass is 79.9. The summed E-state index contributed by atoms with van der Waals surface area (Å²) in [5.74, 6) is -0.00878. The lowest BCUT2D eigenvalue weighted by Crippen LogP contribution is -2.13. The summed E-state index contributed by atoms with van der Waals surface area (Å²) in [5, 5.41) is 12.2. The first-order valence-electron chi connectivity index (χ1n) is 10.7. The number of nitrogens with one attached hydrogen (secondary N) is 1. The number of esters is 1. The maximum atomic E-state index is 12.7. The van der Waals surface area contributed by atoms with Gasteiger partial charge in [0.05, 0.1) is 19.3 Å². The first-order valence-corrected chi connectivity index (χ1v) is 11.5. The number of halogens is 1. The average Bonchev–Trinajstić information content (AvgIpc) is 2.87. The Kier molecular flexibility index (Phi) is 9.04. The van der Waals surface area contributed by atoms with Crippen molar-refractivity contribution in [3.8, 4) is 17.6 Å². The first-order chi connectivity index (χ1) is 16.9. The lowest BCUT2D eigenvalue weighted by atomic mass is 10.1. The van der Waals surface area contributed by atoms with Gasteiger partial charge in [-0.1, -0.05) is 34.1 Å². The molecule has 3 aromatic carbocycles. The third-order valence-corrected chi connectivity index (χ3v) is 5.35. The minimum Gasteiger partial charge on any atom is -0.493 e. The number of benzene rings is 3. The summed E-state index contributed by atoms with van der Waals surface area (Å²) in [4.78, 5) is 24.4. The molecule has 1 N–H and O–H groups in total. The van der Waals surface area contributed by atoms with Crippen LogP contribution in [0.1, 0.15) is 28.4 Å². The van der Waals surface area contributed by atoms with Crippen molar-refractivity contribution >= 4 is 39.6 Å². The van der Waals surface area contributed by atoms with E-state index in [1.165, 1.54) is 6.08 Å². The third-order valence-electron chi connectivity index (χ3n) is 4.83. The molecule has 178 valence electrons. The summed E-state index contributed by atoms with van der Waals surface area (Å²) < 4.78 is 17.2. The van der Waals surface area contributed by atoms with E-state index < -0.39 is 11.9 Å². The van der Waals surface area contributed by atoms with Crippen molar-refractivity contribution in [1.29, 1.82) is 5.26 Å². The van der Waals surface area contributed by atoms with Gasteiger partial charge in [0.2, 0.25) is 0 Å². The average molecular weight is 535 g/mol. The van der Waals surface area contributed by atoms with Crippen molar-refractivity contribution in [3.63, 3.8) is 0 Å². The second kappa shape index (κ2) is 12.4. The molecular formula is C27H23BrN2O5. The molecule has 0 aliphatic rings. The van der Waals surface area contributed by atoms with Gasteiger partial charge in [0.15, 0.2) is 11.5 Å². The Morgan fingerprint density at radius 1 is 1.03 bits per heavy atom. The number of carbonyl (C=O) groups excluding carboxylic acids is 2. The van der Waals surface area contributed by atoms with E-state index in [1.54, 1.807) is 56.5 Å². The Labute approximate surface area is 212 Å². The van der Waals surface area contributed by atoms with E-state index in [2.05, 4.69) is 21.2 Å². The van der Waals surface area contributed by atoms with Gasteiger partial charge in [0.1, 0.15) is 18.2 Å². The number of ether oxygens (including phenoxy) is 3. The number of amides is 1. The summed E-state index contributed by atoms with van der Waals surface area (Å²) in [6, 6.07) is 21.0. The number of rotatable bonds is 9. The number of carbonyl (C=O) groups is 2. The van der Waals surface area contributed by atoms with E-state index in [-0.39, 0.29) is 12.2 Å². The normalized spacial score (nSPS) is 10.7. The molecule has 0 bridgehead atoms. The number of hydrogen-bond acceptors (Lipinski definition) is 6. The van der Waals surface area contributed by atoms with E-state index in [9.17, 15) is 14.9 Å². The SMILES string of the molecule is CCOC(=O)c1ccc(NC(=O)/C(C#N)=C/c2ccc(OC)c(OCc3ccc(Br)cc3)c2)cc1. The molecule has 1 amide bonds. The molecule has 0 unspecified atom stereocenters. The molecule has 8 heteroatoms. The maximum absolute atomic E-state index is 12.7. The summed E-state index contributed by atoms with van der Waals surface area (Å²) in [5.41, 5.74) is 2.29. The number of methoxy groups -OCH3 is 1. The molecule has 7 nitrogen and oxygen atoms in total. The summed E-state index contributed by atoms with van der Waals surface area (Å²) in [7, 11) is 1.54. The topological polar surface area (TPSA) is 97.7 Å². The molecule has 3 rings (SSSR count). The highest BCUT2D eigenvalue weighted by Gasteiger charge is 2.13. The number of hydrogen-bond donors (Lipinski definition) is 1. The van der Waals surface area contributed by atoms with Gasteiger partial charge in [-0.15, -0.1) is 0 Å². The fraction of sp³-hybridized carbons (Fsp3) is 0.148. The summed E-state index contributed by atoms with van der Waals surface area (Å²) >= 11 is 3.41. The lowest BCUT2D eigenvalue weighted by Gasteiger charge is -2.12. The molecule has 35 heavy (non-hydrogen) atoms. The lowest BCUT2D eigenvalue weighted by molar-refractivity contribution is -0.112. The Morgan fingerprint density at radius 2 is 1.74 bits per heavy atom. The zero-order valence-corrected chi connectivity index (χ0v) is 20.8. The highest BCUT2D eigenvalue weighted by molar-refractivity contribution is 9.10. The van der Waals surface area contributed by atoms with E-state index >= 15 is 0 Å². The van der Waals surface area contributed by atoms with Gasteiger partial charge >= 0.3 is 5.97 Å². The van der Waals surface area contributed by atoms with Gasteiger partial charge in [0, 0.05) is 10.2 Å². The first kappa shape index (κ1) is 25.5. The van der Waals surface area contributed by atoms with Crippen molar-refractivity contribution < 1.29 is 23.8 Å². The zero-order valence-electron chi connectivity index (χ0n) is 19.2. The molecule has 0 radical (unpaired) electrons. The molecule has 0 fully saturated rings. The third kappa shape index (κ3) is 7.19. The molecule has 0 aliphatic heterocycles. The minimum absolute atomic E-state index is 0.0940. The van der Waals surface area contributed by atoms with Crippen molar-refractivity contribution in [1.82, 2.24) is 0 Å². The smallest absolute Gasteiger partial charge is 0.338 e. The van der Waals surface area contributed by atoms with Gasteiger partial charge in [-0.05, 0) is 72.7 Å². The number of nitrogens with zero attached hydrogens (tertiary/aromatic N) is 1. The van der Waals surface area contributed by atoms with Crippen molar-refractivity contribution in [2.24, 2.45) is 0 Å². The Balaban J connectivity index is 1.74. The fourth-order valence-electron chi connectivity index (χ4n) is 3.06. The summed E-state index contributed by atoms with van der Waals surface area (Å²) in [6.45, 7) is 2.32. The van der Waals surface area contributed by atoms with Crippen LogP contribution in [0.4, 0.5) is 5.69 Å². The minimum atomic E-state index is -0.579. The van der Waals surface area contributed by atoms with Crippen LogP contribution in [0.5, 0.6) is 11.5 Å². The van der Waals surface area contributed by atoms with E-state index in [0.29, 0.717) is 34.9 Å². The van der Waals surface area contributed by atoms with E-state index in [4.69, 9.17) is 14.2 Å². The molecule has 0 saturated heterocycles. The predicted octanol–water partition coefficient (Wildman–Crippen LogP) is 5.76. The van der Waals surface area contributed by atoms with Crippen LogP contribution in [0.3, 0.4) is 0 Å². The van der Waals surface area contributed by atoms with Crippen LogP contribution in [0, 0.1) is 11.3 Å². The van der Waals surface area contributed by atoms with E-state index in [0.717, 1.165) is 10.0 Å². The van der Waals surface area contributed by atoms with E-state index in [1.807, 2.05) is 30.3 Å². The number of anilines is 1. The number of nitriles is 1. The highest BCUT2D eigenvalue weighted by Crippen LogP contribution is 2.30. The standard InChI is InChI=1S/C27H23BrN2O5/c1-3-34-27(32)20-7-11-23(12-8-20)30-26(31)21(16-29)14-19-6-13-24(33-2)25(15-19)35-17-18-4-9-22(28)10-5-18/h4-15H,3,17H2,1-2H3,(H,30,31)/b21-14+. The predicted molar refractivity (Wildman–Crippen MR) is 136 cm³/mol. The Morgan fingerprint density at radius 3 is 2.37 bits per heavy atom. The van der Waals surface area contributed by atoms with Gasteiger partial charge < -0.3 is 19.5 Å². The molecule has 0 aliphatic carbocycles. The van der Waals surface area contributed by atoms with Crippen LogP contribution < -0.4 is 14.8 Å². The quantitative estimate of drug-likeness (QED) is 0.213. The molecule has 0 aromatic heterocycles. The van der Waals surface area contributed by atoms with Crippen molar-refractivity contribution in [3.05, 3.63) is 93.5 Å². The van der Waals surface area contributed by atoms with Gasteiger partial charge in [0.25, 0.3) is 5.91 Å². The van der Waals surface area contributed by atoms with Gasteiger partial charge in [-0.25, -0.2) is 4.79 Å². The molecule has 0 heterocycles. The van der Waals surface area contributed by atoms with Gasteiger partial charge in [-0.2, -0.15) is 5.26 Å². The maximum Gasteiger partial charge on any atom is 0.338 e. The summed E-state index contributed by atoms with van der Waals surface area (Å²) in [6.07, 6.45) is 1.47. The Hall–Kier alpha value is -4.09. The van der Waals surface area contributed by atoms with Crippen molar-refractivity contribution in [2.45, 2.75) is 13.5 Å². The van der Waals surface area contributed by atoms with Crippen LogP contribution in [0.15, 0.2) is 76.8 Å². The second-order valence-electron chi connectivity index (χ2n) is 7.25. The monoisotopic (exact) mass is 534 g/mol.